The zero-order chi connectivity index (χ0) is 15.2. The van der Waals surface area contributed by atoms with E-state index in [-0.39, 0.29) is 5.78 Å². The molecule has 2 rings (SSSR count). The Balaban J connectivity index is 2.26. The van der Waals surface area contributed by atoms with Crippen LogP contribution in [-0.2, 0) is 0 Å². The number of ketones is 1. The summed E-state index contributed by atoms with van der Waals surface area (Å²) in [7, 11) is 0. The maximum Gasteiger partial charge on any atom is 0.164 e. The van der Waals surface area contributed by atoms with Crippen LogP contribution in [0.15, 0.2) is 42.5 Å². The van der Waals surface area contributed by atoms with Crippen LogP contribution >= 0.6 is 23.2 Å². The van der Waals surface area contributed by atoms with Crippen LogP contribution in [0.1, 0.15) is 27.9 Å². The van der Waals surface area contributed by atoms with Crippen molar-refractivity contribution in [1.82, 2.24) is 0 Å². The largest absolute Gasteiger partial charge is 0.330 e. The van der Waals surface area contributed by atoms with E-state index in [4.69, 9.17) is 28.9 Å². The van der Waals surface area contributed by atoms with E-state index in [0.717, 1.165) is 11.1 Å². The van der Waals surface area contributed by atoms with Crippen molar-refractivity contribution in [3.63, 3.8) is 0 Å². The van der Waals surface area contributed by atoms with Gasteiger partial charge in [-0.1, -0.05) is 59.6 Å². The van der Waals surface area contributed by atoms with E-state index >= 15 is 0 Å². The lowest BCUT2D eigenvalue weighted by Gasteiger charge is -2.03. The zero-order valence-corrected chi connectivity index (χ0v) is 12.9. The van der Waals surface area contributed by atoms with Crippen molar-refractivity contribution in [3.05, 3.63) is 69.2 Å². The number of carbonyl (C=O) groups excluding carboxylic acids is 1. The van der Waals surface area contributed by atoms with Crippen LogP contribution < -0.4 is 5.73 Å². The lowest BCUT2D eigenvalue weighted by molar-refractivity contribution is 0.0985. The second-order valence-corrected chi connectivity index (χ2v) is 5.37. The maximum absolute atomic E-state index is 11.8. The summed E-state index contributed by atoms with van der Waals surface area (Å²) in [5, 5.41) is 1.18. The van der Waals surface area contributed by atoms with Gasteiger partial charge in [-0.15, -0.1) is 0 Å². The van der Waals surface area contributed by atoms with Crippen LogP contribution in [0.3, 0.4) is 0 Å². The van der Waals surface area contributed by atoms with E-state index in [1.807, 2.05) is 30.4 Å². The second-order valence-electron chi connectivity index (χ2n) is 4.56. The monoisotopic (exact) mass is 319 g/mol. The Morgan fingerprint density at radius 1 is 1.05 bits per heavy atom. The number of rotatable bonds is 5. The highest BCUT2D eigenvalue weighted by atomic mass is 35.5. The van der Waals surface area contributed by atoms with Crippen molar-refractivity contribution in [2.24, 2.45) is 5.73 Å². The molecule has 0 radical (unpaired) electrons. The summed E-state index contributed by atoms with van der Waals surface area (Å²) in [6, 6.07) is 12.8. The molecule has 2 aromatic rings. The van der Waals surface area contributed by atoms with Crippen LogP contribution in [0.2, 0.25) is 10.0 Å². The van der Waals surface area contributed by atoms with Gasteiger partial charge in [-0.2, -0.15) is 0 Å². The summed E-state index contributed by atoms with van der Waals surface area (Å²) < 4.78 is 0. The minimum atomic E-state index is 0.0449. The molecule has 0 aliphatic heterocycles. The summed E-state index contributed by atoms with van der Waals surface area (Å²) in [5.41, 5.74) is 7.74. The first kappa shape index (κ1) is 15.8. The van der Waals surface area contributed by atoms with Crippen molar-refractivity contribution in [3.8, 4) is 0 Å². The summed E-state index contributed by atoms with van der Waals surface area (Å²) in [6.45, 7) is 0.355. The Hall–Kier alpha value is -1.61. The highest BCUT2D eigenvalue weighted by Gasteiger charge is 2.05. The average Bonchev–Trinajstić information content (AvgIpc) is 2.47. The van der Waals surface area contributed by atoms with Gasteiger partial charge in [-0.25, -0.2) is 0 Å². The van der Waals surface area contributed by atoms with Gasteiger partial charge in [-0.3, -0.25) is 4.79 Å². The molecule has 0 aliphatic carbocycles. The first-order chi connectivity index (χ1) is 10.1. The normalized spacial score (nSPS) is 11.0. The van der Waals surface area contributed by atoms with Crippen molar-refractivity contribution in [2.75, 3.05) is 6.54 Å². The third-order valence-corrected chi connectivity index (χ3v) is 3.68. The fourth-order valence-corrected chi connectivity index (χ4v) is 2.46. The number of hydrogen-bond acceptors (Lipinski definition) is 2. The van der Waals surface area contributed by atoms with Gasteiger partial charge in [0.1, 0.15) is 0 Å². The van der Waals surface area contributed by atoms with Crippen molar-refractivity contribution in [1.29, 1.82) is 0 Å². The minimum absolute atomic E-state index is 0.0449. The van der Waals surface area contributed by atoms with E-state index in [9.17, 15) is 4.79 Å². The van der Waals surface area contributed by atoms with Gasteiger partial charge in [0, 0.05) is 27.6 Å². The van der Waals surface area contributed by atoms with E-state index < -0.39 is 0 Å². The molecule has 0 unspecified atom stereocenters. The third-order valence-electron chi connectivity index (χ3n) is 3.02. The quantitative estimate of drug-likeness (QED) is 0.641. The SMILES string of the molecule is NCCC(=O)c1cccc(/C=C/c2c(Cl)cccc2Cl)c1. The molecule has 0 aliphatic rings. The molecule has 0 bridgehead atoms. The minimum Gasteiger partial charge on any atom is -0.330 e. The van der Waals surface area contributed by atoms with Crippen molar-refractivity contribution < 1.29 is 4.79 Å². The molecule has 2 nitrogen and oxygen atoms in total. The first-order valence-electron chi connectivity index (χ1n) is 6.57. The highest BCUT2D eigenvalue weighted by Crippen LogP contribution is 2.26. The number of benzene rings is 2. The van der Waals surface area contributed by atoms with E-state index in [1.165, 1.54) is 0 Å². The van der Waals surface area contributed by atoms with Crippen LogP contribution in [0.5, 0.6) is 0 Å². The van der Waals surface area contributed by atoms with Gasteiger partial charge in [-0.05, 0) is 30.3 Å². The average molecular weight is 320 g/mol. The van der Waals surface area contributed by atoms with Crippen LogP contribution in [0.4, 0.5) is 0 Å². The predicted octanol–water partition coefficient (Wildman–Crippen LogP) is 4.70. The van der Waals surface area contributed by atoms with Crippen LogP contribution in [-0.4, -0.2) is 12.3 Å². The number of carbonyl (C=O) groups is 1. The lowest BCUT2D eigenvalue weighted by atomic mass is 10.0. The van der Waals surface area contributed by atoms with E-state index in [0.29, 0.717) is 28.6 Å². The van der Waals surface area contributed by atoms with Gasteiger partial charge in [0.05, 0.1) is 0 Å². The predicted molar refractivity (Wildman–Crippen MR) is 89.8 cm³/mol. The molecule has 4 heteroatoms. The van der Waals surface area contributed by atoms with Gasteiger partial charge in [0.25, 0.3) is 0 Å². The zero-order valence-electron chi connectivity index (χ0n) is 11.4. The maximum atomic E-state index is 11.8. The standard InChI is InChI=1S/C17H15Cl2NO/c18-15-5-2-6-16(19)14(15)8-7-12-3-1-4-13(11-12)17(21)9-10-20/h1-8,11H,9-10,20H2/b8-7+. The molecular formula is C17H15Cl2NO. The van der Waals surface area contributed by atoms with E-state index in [1.54, 1.807) is 24.3 Å². The molecule has 2 N–H and O–H groups in total. The topological polar surface area (TPSA) is 43.1 Å². The molecule has 108 valence electrons. The Morgan fingerprint density at radius 3 is 2.38 bits per heavy atom. The van der Waals surface area contributed by atoms with E-state index in [2.05, 4.69) is 0 Å². The number of Topliss-reactive ketones (excluding diaryl/α,β-unsaturated/α-hetero) is 1. The fourth-order valence-electron chi connectivity index (χ4n) is 1.94. The highest BCUT2D eigenvalue weighted by molar-refractivity contribution is 6.37. The molecule has 2 aromatic carbocycles. The molecule has 0 atom stereocenters. The third kappa shape index (κ3) is 4.18. The summed E-state index contributed by atoms with van der Waals surface area (Å²) in [5.74, 6) is 0.0449. The van der Waals surface area contributed by atoms with Gasteiger partial charge >= 0.3 is 0 Å². The molecule has 0 amide bonds. The van der Waals surface area contributed by atoms with Crippen LogP contribution in [0.25, 0.3) is 12.2 Å². The molecule has 21 heavy (non-hydrogen) atoms. The number of halogens is 2. The molecule has 0 aromatic heterocycles. The Labute approximate surface area is 134 Å². The molecule has 0 saturated heterocycles. The fraction of sp³-hybridized carbons (Fsp3) is 0.118. The smallest absolute Gasteiger partial charge is 0.164 e. The van der Waals surface area contributed by atoms with Crippen molar-refractivity contribution >= 4 is 41.1 Å². The first-order valence-corrected chi connectivity index (χ1v) is 7.33. The Kier molecular flexibility index (Phi) is 5.57. The molecule has 0 fully saturated rings. The Bertz CT molecular complexity index is 660. The van der Waals surface area contributed by atoms with Crippen LogP contribution in [0, 0.1) is 0 Å². The lowest BCUT2D eigenvalue weighted by Crippen LogP contribution is -2.07. The summed E-state index contributed by atoms with van der Waals surface area (Å²) in [6.07, 6.45) is 4.08. The number of nitrogens with two attached hydrogens (primary N) is 1. The molecular weight excluding hydrogens is 305 g/mol. The molecule has 0 spiro atoms. The Morgan fingerprint density at radius 2 is 1.71 bits per heavy atom. The van der Waals surface area contributed by atoms with Gasteiger partial charge in [0.15, 0.2) is 5.78 Å². The molecule has 0 saturated carbocycles. The van der Waals surface area contributed by atoms with Gasteiger partial charge in [0.2, 0.25) is 0 Å². The number of hydrogen-bond donors (Lipinski definition) is 1. The molecule has 0 heterocycles. The second kappa shape index (κ2) is 7.41. The summed E-state index contributed by atoms with van der Waals surface area (Å²) in [4.78, 5) is 11.8. The van der Waals surface area contributed by atoms with Crippen molar-refractivity contribution in [2.45, 2.75) is 6.42 Å². The summed E-state index contributed by atoms with van der Waals surface area (Å²) >= 11 is 12.2. The van der Waals surface area contributed by atoms with Gasteiger partial charge < -0.3 is 5.73 Å².